The normalized spacial score (nSPS) is 26.1. The van der Waals surface area contributed by atoms with E-state index < -0.39 is 5.60 Å². The smallest absolute Gasteiger partial charge is 0.410 e. The van der Waals surface area contributed by atoms with Gasteiger partial charge in [-0.15, -0.1) is 0 Å². The molecule has 0 unspecified atom stereocenters. The molecule has 6 nitrogen and oxygen atoms in total. The van der Waals surface area contributed by atoms with Gasteiger partial charge < -0.3 is 14.5 Å². The van der Waals surface area contributed by atoms with E-state index in [4.69, 9.17) is 4.74 Å². The van der Waals surface area contributed by atoms with Crippen LogP contribution < -0.4 is 0 Å². The van der Waals surface area contributed by atoms with Crippen LogP contribution in [0.3, 0.4) is 0 Å². The van der Waals surface area contributed by atoms with E-state index in [1.807, 2.05) is 25.7 Å². The van der Waals surface area contributed by atoms with Gasteiger partial charge in [0.25, 0.3) is 0 Å². The topological polar surface area (TPSA) is 53.1 Å². The molecule has 0 N–H and O–H groups in total. The third kappa shape index (κ3) is 4.02. The molecule has 2 heterocycles. The SMILES string of the molecule is CC(=O)N1CCN(C(C)(C)C)[C@]2(CCN(C(=O)OC(C)(C)C)C2)C1. The molecule has 6 heteroatoms. The first-order chi connectivity index (χ1) is 10.8. The maximum Gasteiger partial charge on any atom is 0.410 e. The molecular weight excluding hydrogens is 306 g/mol. The van der Waals surface area contributed by atoms with Gasteiger partial charge in [-0.3, -0.25) is 9.69 Å². The lowest BCUT2D eigenvalue weighted by Gasteiger charge is -2.54. The standard InChI is InChI=1S/C18H33N3O3/c1-14(22)19-10-11-21(16(2,3)4)18(12-19)8-9-20(13-18)15(23)24-17(5,6)7/h8-13H2,1-7H3/t18-/m1/s1. The Hall–Kier alpha value is -1.30. The van der Waals surface area contributed by atoms with Gasteiger partial charge in [-0.2, -0.15) is 0 Å². The van der Waals surface area contributed by atoms with E-state index >= 15 is 0 Å². The minimum Gasteiger partial charge on any atom is -0.444 e. The van der Waals surface area contributed by atoms with Crippen molar-refractivity contribution in [1.29, 1.82) is 0 Å². The van der Waals surface area contributed by atoms with Gasteiger partial charge in [-0.25, -0.2) is 4.79 Å². The van der Waals surface area contributed by atoms with E-state index in [9.17, 15) is 9.59 Å². The van der Waals surface area contributed by atoms with Crippen LogP contribution in [0.2, 0.25) is 0 Å². The Labute approximate surface area is 146 Å². The summed E-state index contributed by atoms with van der Waals surface area (Å²) >= 11 is 0. The number of hydrogen-bond donors (Lipinski definition) is 0. The molecule has 2 rings (SSSR count). The van der Waals surface area contributed by atoms with Crippen molar-refractivity contribution in [3.05, 3.63) is 0 Å². The molecule has 1 spiro atoms. The highest BCUT2D eigenvalue weighted by molar-refractivity contribution is 5.73. The van der Waals surface area contributed by atoms with Gasteiger partial charge >= 0.3 is 6.09 Å². The quantitative estimate of drug-likeness (QED) is 0.680. The zero-order chi connectivity index (χ0) is 18.3. The second-order valence-electron chi connectivity index (χ2n) is 9.14. The zero-order valence-corrected chi connectivity index (χ0v) is 16.3. The summed E-state index contributed by atoms with van der Waals surface area (Å²) in [6, 6.07) is 0. The summed E-state index contributed by atoms with van der Waals surface area (Å²) in [7, 11) is 0. The number of nitrogens with zero attached hydrogens (tertiary/aromatic N) is 3. The van der Waals surface area contributed by atoms with Crippen molar-refractivity contribution >= 4 is 12.0 Å². The van der Waals surface area contributed by atoms with Crippen molar-refractivity contribution in [2.45, 2.75) is 71.6 Å². The molecule has 0 aliphatic carbocycles. The Kier molecular flexibility index (Phi) is 4.92. The van der Waals surface area contributed by atoms with E-state index in [1.54, 1.807) is 11.8 Å². The minimum atomic E-state index is -0.492. The average molecular weight is 339 g/mol. The van der Waals surface area contributed by atoms with Crippen molar-refractivity contribution in [3.8, 4) is 0 Å². The Bertz CT molecular complexity index is 507. The molecule has 0 saturated carbocycles. The predicted octanol–water partition coefficient (Wildman–Crippen LogP) is 2.33. The second kappa shape index (κ2) is 6.21. The van der Waals surface area contributed by atoms with Crippen molar-refractivity contribution in [1.82, 2.24) is 14.7 Å². The maximum atomic E-state index is 12.5. The molecule has 0 radical (unpaired) electrons. The lowest BCUT2D eigenvalue weighted by molar-refractivity contribution is -0.137. The van der Waals surface area contributed by atoms with E-state index in [0.717, 1.165) is 19.5 Å². The molecule has 2 aliphatic rings. The Morgan fingerprint density at radius 3 is 2.00 bits per heavy atom. The highest BCUT2D eigenvalue weighted by Gasteiger charge is 2.51. The third-order valence-electron chi connectivity index (χ3n) is 4.89. The average Bonchev–Trinajstić information content (AvgIpc) is 2.79. The predicted molar refractivity (Wildman–Crippen MR) is 93.9 cm³/mol. The summed E-state index contributed by atoms with van der Waals surface area (Å²) in [5, 5.41) is 0. The molecule has 2 saturated heterocycles. The first-order valence-electron chi connectivity index (χ1n) is 8.85. The molecule has 2 amide bonds. The van der Waals surface area contributed by atoms with Crippen LogP contribution in [0, 0.1) is 0 Å². The van der Waals surface area contributed by atoms with E-state index in [-0.39, 0.29) is 23.1 Å². The fourth-order valence-corrected chi connectivity index (χ4v) is 3.98. The zero-order valence-electron chi connectivity index (χ0n) is 16.3. The first-order valence-corrected chi connectivity index (χ1v) is 8.85. The monoisotopic (exact) mass is 339 g/mol. The lowest BCUT2D eigenvalue weighted by Crippen LogP contribution is -2.68. The number of amides is 2. The number of likely N-dealkylation sites (tertiary alicyclic amines) is 1. The number of rotatable bonds is 0. The van der Waals surface area contributed by atoms with Crippen LogP contribution in [-0.4, -0.2) is 76.1 Å². The molecule has 138 valence electrons. The van der Waals surface area contributed by atoms with Crippen molar-refractivity contribution in [2.75, 3.05) is 32.7 Å². The highest BCUT2D eigenvalue weighted by Crippen LogP contribution is 2.37. The van der Waals surface area contributed by atoms with Gasteiger partial charge in [0.15, 0.2) is 0 Å². The Balaban J connectivity index is 2.20. The number of carbonyl (C=O) groups excluding carboxylic acids is 2. The summed E-state index contributed by atoms with van der Waals surface area (Å²) in [5.74, 6) is 0.110. The number of piperazine rings is 1. The molecular formula is C18H33N3O3. The van der Waals surface area contributed by atoms with Crippen LogP contribution in [0.4, 0.5) is 4.79 Å². The maximum absolute atomic E-state index is 12.5. The summed E-state index contributed by atoms with van der Waals surface area (Å²) in [4.78, 5) is 30.6. The Morgan fingerprint density at radius 1 is 0.917 bits per heavy atom. The molecule has 0 bridgehead atoms. The largest absolute Gasteiger partial charge is 0.444 e. The van der Waals surface area contributed by atoms with Crippen molar-refractivity contribution in [3.63, 3.8) is 0 Å². The number of carbonyl (C=O) groups is 2. The van der Waals surface area contributed by atoms with Crippen LogP contribution >= 0.6 is 0 Å². The molecule has 0 aromatic heterocycles. The molecule has 0 aromatic rings. The summed E-state index contributed by atoms with van der Waals surface area (Å²) in [6.07, 6.45) is 0.612. The summed E-state index contributed by atoms with van der Waals surface area (Å²) < 4.78 is 5.54. The minimum absolute atomic E-state index is 0.00712. The van der Waals surface area contributed by atoms with Gasteiger partial charge in [0.05, 0.1) is 5.54 Å². The van der Waals surface area contributed by atoms with E-state index in [1.165, 1.54) is 0 Å². The van der Waals surface area contributed by atoms with Gasteiger partial charge in [0.1, 0.15) is 5.60 Å². The molecule has 1 atom stereocenters. The fourth-order valence-electron chi connectivity index (χ4n) is 3.98. The third-order valence-corrected chi connectivity index (χ3v) is 4.89. The Morgan fingerprint density at radius 2 is 1.50 bits per heavy atom. The van der Waals surface area contributed by atoms with Crippen LogP contribution in [0.15, 0.2) is 0 Å². The van der Waals surface area contributed by atoms with Gasteiger partial charge in [-0.1, -0.05) is 0 Å². The van der Waals surface area contributed by atoms with E-state index in [2.05, 4.69) is 25.7 Å². The van der Waals surface area contributed by atoms with Gasteiger partial charge in [0, 0.05) is 45.2 Å². The van der Waals surface area contributed by atoms with E-state index in [0.29, 0.717) is 19.6 Å². The van der Waals surface area contributed by atoms with Crippen LogP contribution in [-0.2, 0) is 9.53 Å². The molecule has 2 fully saturated rings. The molecule has 2 aliphatic heterocycles. The summed E-state index contributed by atoms with van der Waals surface area (Å²) in [6.45, 7) is 17.4. The van der Waals surface area contributed by atoms with Gasteiger partial charge in [-0.05, 0) is 48.0 Å². The van der Waals surface area contributed by atoms with Crippen LogP contribution in [0.25, 0.3) is 0 Å². The second-order valence-corrected chi connectivity index (χ2v) is 9.14. The molecule has 24 heavy (non-hydrogen) atoms. The highest BCUT2D eigenvalue weighted by atomic mass is 16.6. The number of hydrogen-bond acceptors (Lipinski definition) is 4. The summed E-state index contributed by atoms with van der Waals surface area (Å²) in [5.41, 5.74) is -0.680. The van der Waals surface area contributed by atoms with Crippen molar-refractivity contribution in [2.24, 2.45) is 0 Å². The molecule has 0 aromatic carbocycles. The fraction of sp³-hybridized carbons (Fsp3) is 0.889. The van der Waals surface area contributed by atoms with Crippen LogP contribution in [0.5, 0.6) is 0 Å². The van der Waals surface area contributed by atoms with Gasteiger partial charge in [0.2, 0.25) is 5.91 Å². The van der Waals surface area contributed by atoms with Crippen molar-refractivity contribution < 1.29 is 14.3 Å². The lowest BCUT2D eigenvalue weighted by atomic mass is 9.87. The van der Waals surface area contributed by atoms with Crippen LogP contribution in [0.1, 0.15) is 54.9 Å². The number of ether oxygens (including phenoxy) is 1. The first kappa shape index (κ1) is 19.0.